The molecular weight excluding hydrogens is 350 g/mol. The number of hydrogen-bond acceptors (Lipinski definition) is 5. The number of nitrogens with one attached hydrogen (secondary N) is 1. The maximum absolute atomic E-state index is 11.9. The zero-order valence-electron chi connectivity index (χ0n) is 15.4. The first-order valence-corrected chi connectivity index (χ1v) is 8.69. The van der Waals surface area contributed by atoms with E-state index in [9.17, 15) is 19.7 Å². The van der Waals surface area contributed by atoms with Crippen molar-refractivity contribution < 1.29 is 14.5 Å². The Morgan fingerprint density at radius 3 is 2.74 bits per heavy atom. The smallest absolute Gasteiger partial charge is 0.285 e. The fourth-order valence-corrected chi connectivity index (χ4v) is 2.51. The van der Waals surface area contributed by atoms with Gasteiger partial charge >= 0.3 is 0 Å². The second kappa shape index (κ2) is 9.51. The Bertz CT molecular complexity index is 876. The van der Waals surface area contributed by atoms with Gasteiger partial charge in [-0.25, -0.2) is 0 Å². The molecule has 1 amide bonds. The van der Waals surface area contributed by atoms with Crippen LogP contribution in [0.4, 0.5) is 5.69 Å². The second-order valence-electron chi connectivity index (χ2n) is 6.22. The van der Waals surface area contributed by atoms with Crippen LogP contribution >= 0.6 is 0 Å². The third-order valence-electron chi connectivity index (χ3n) is 4.24. The molecule has 0 fully saturated rings. The van der Waals surface area contributed by atoms with E-state index in [1.54, 1.807) is 0 Å². The predicted octanol–water partition coefficient (Wildman–Crippen LogP) is 2.35. The van der Waals surface area contributed by atoms with Gasteiger partial charge in [-0.05, 0) is 43.9 Å². The Morgan fingerprint density at radius 1 is 1.22 bits per heavy atom. The highest BCUT2D eigenvalue weighted by Crippen LogP contribution is 2.20. The Labute approximate surface area is 156 Å². The van der Waals surface area contributed by atoms with Crippen molar-refractivity contribution in [2.24, 2.45) is 0 Å². The van der Waals surface area contributed by atoms with Crippen molar-refractivity contribution in [3.8, 4) is 5.75 Å². The van der Waals surface area contributed by atoms with Crippen LogP contribution in [0, 0.1) is 24.0 Å². The summed E-state index contributed by atoms with van der Waals surface area (Å²) in [6.45, 7) is 4.66. The van der Waals surface area contributed by atoms with Crippen LogP contribution < -0.4 is 15.6 Å². The van der Waals surface area contributed by atoms with Gasteiger partial charge in [-0.2, -0.15) is 0 Å². The minimum atomic E-state index is -0.536. The summed E-state index contributed by atoms with van der Waals surface area (Å²) >= 11 is 0. The number of rotatable bonds is 9. The molecule has 0 atom stereocenters. The van der Waals surface area contributed by atoms with Crippen molar-refractivity contribution in [2.45, 2.75) is 33.2 Å². The lowest BCUT2D eigenvalue weighted by Crippen LogP contribution is -2.30. The number of aromatic nitrogens is 1. The molecule has 0 unspecified atom stereocenters. The summed E-state index contributed by atoms with van der Waals surface area (Å²) in [6.07, 6.45) is 2.49. The number of benzene rings is 1. The maximum Gasteiger partial charge on any atom is 0.285 e. The van der Waals surface area contributed by atoms with Gasteiger partial charge in [-0.1, -0.05) is 12.1 Å². The lowest BCUT2D eigenvalue weighted by atomic mass is 10.1. The number of carbonyl (C=O) groups excluding carboxylic acids is 1. The second-order valence-corrected chi connectivity index (χ2v) is 6.22. The molecule has 0 saturated carbocycles. The first kappa shape index (κ1) is 20.2. The van der Waals surface area contributed by atoms with E-state index in [4.69, 9.17) is 4.74 Å². The van der Waals surface area contributed by atoms with E-state index < -0.39 is 4.92 Å². The van der Waals surface area contributed by atoms with Crippen LogP contribution in [0.5, 0.6) is 5.75 Å². The quantitative estimate of drug-likeness (QED) is 0.413. The Morgan fingerprint density at radius 2 is 2.00 bits per heavy atom. The maximum atomic E-state index is 11.9. The van der Waals surface area contributed by atoms with Crippen molar-refractivity contribution >= 4 is 11.6 Å². The minimum absolute atomic E-state index is 0.0609. The molecule has 144 valence electrons. The van der Waals surface area contributed by atoms with Crippen LogP contribution in [0.15, 0.2) is 41.3 Å². The van der Waals surface area contributed by atoms with Crippen LogP contribution in [-0.2, 0) is 11.3 Å². The fraction of sp³-hybridized carbons (Fsp3) is 0.368. The summed E-state index contributed by atoms with van der Waals surface area (Å²) in [5.74, 6) is 0.471. The monoisotopic (exact) mass is 373 g/mol. The molecule has 1 N–H and O–H groups in total. The van der Waals surface area contributed by atoms with Gasteiger partial charge in [-0.3, -0.25) is 19.7 Å². The van der Waals surface area contributed by atoms with Crippen molar-refractivity contribution in [3.05, 3.63) is 68.1 Å². The van der Waals surface area contributed by atoms with Crippen molar-refractivity contribution in [1.82, 2.24) is 9.88 Å². The standard InChI is InChI=1S/C19H23N3O5/c1-14-6-5-7-17(15(14)2)27-13-18(23)20-10-3-4-11-21-12-16(22(25)26)8-9-19(21)24/h5-9,12H,3-4,10-11,13H2,1-2H3,(H,20,23). The molecule has 2 rings (SSSR count). The van der Waals surface area contributed by atoms with E-state index in [0.29, 0.717) is 31.7 Å². The normalized spacial score (nSPS) is 10.4. The number of pyridine rings is 1. The molecule has 2 aromatic rings. The highest BCUT2D eigenvalue weighted by atomic mass is 16.6. The fourth-order valence-electron chi connectivity index (χ4n) is 2.51. The van der Waals surface area contributed by atoms with E-state index in [0.717, 1.165) is 11.1 Å². The molecule has 0 radical (unpaired) electrons. The van der Waals surface area contributed by atoms with E-state index in [2.05, 4.69) is 5.32 Å². The SMILES string of the molecule is Cc1cccc(OCC(=O)NCCCCn2cc([N+](=O)[O-])ccc2=O)c1C. The molecular formula is C19H23N3O5. The first-order valence-electron chi connectivity index (χ1n) is 8.69. The number of ether oxygens (including phenoxy) is 1. The number of unbranched alkanes of at least 4 members (excludes halogenated alkanes) is 1. The lowest BCUT2D eigenvalue weighted by molar-refractivity contribution is -0.385. The summed E-state index contributed by atoms with van der Waals surface area (Å²) < 4.78 is 6.84. The van der Waals surface area contributed by atoms with Crippen molar-refractivity contribution in [3.63, 3.8) is 0 Å². The molecule has 8 nitrogen and oxygen atoms in total. The van der Waals surface area contributed by atoms with Crippen LogP contribution in [-0.4, -0.2) is 28.5 Å². The molecule has 27 heavy (non-hydrogen) atoms. The van der Waals surface area contributed by atoms with Gasteiger partial charge in [0.25, 0.3) is 17.2 Å². The van der Waals surface area contributed by atoms with Crippen LogP contribution in [0.3, 0.4) is 0 Å². The number of hydrogen-bond donors (Lipinski definition) is 1. The summed E-state index contributed by atoms with van der Waals surface area (Å²) in [4.78, 5) is 33.8. The van der Waals surface area contributed by atoms with Gasteiger partial charge in [-0.15, -0.1) is 0 Å². The molecule has 0 bridgehead atoms. The highest BCUT2D eigenvalue weighted by Gasteiger charge is 2.08. The van der Waals surface area contributed by atoms with Crippen LogP contribution in [0.2, 0.25) is 0 Å². The Balaban J connectivity index is 1.70. The molecule has 0 saturated heterocycles. The Kier molecular flexibility index (Phi) is 7.10. The van der Waals surface area contributed by atoms with Crippen LogP contribution in [0.25, 0.3) is 0 Å². The third-order valence-corrected chi connectivity index (χ3v) is 4.24. The van der Waals surface area contributed by atoms with Gasteiger partial charge < -0.3 is 14.6 Å². The van der Waals surface area contributed by atoms with Crippen molar-refractivity contribution in [2.75, 3.05) is 13.2 Å². The van der Waals surface area contributed by atoms with Gasteiger partial charge in [0.2, 0.25) is 0 Å². The van der Waals surface area contributed by atoms with E-state index in [-0.39, 0.29) is 23.8 Å². The molecule has 8 heteroatoms. The predicted molar refractivity (Wildman–Crippen MR) is 101 cm³/mol. The molecule has 0 aliphatic carbocycles. The molecule has 0 aliphatic heterocycles. The minimum Gasteiger partial charge on any atom is -0.483 e. The third kappa shape index (κ3) is 5.95. The van der Waals surface area contributed by atoms with Gasteiger partial charge in [0.05, 0.1) is 11.1 Å². The number of nitro groups is 1. The summed E-state index contributed by atoms with van der Waals surface area (Å²) in [5, 5.41) is 13.5. The molecule has 1 heterocycles. The lowest BCUT2D eigenvalue weighted by Gasteiger charge is -2.11. The molecule has 0 aliphatic rings. The van der Waals surface area contributed by atoms with E-state index >= 15 is 0 Å². The summed E-state index contributed by atoms with van der Waals surface area (Å²) in [5.41, 5.74) is 1.70. The van der Waals surface area contributed by atoms with Crippen LogP contribution in [0.1, 0.15) is 24.0 Å². The Hall–Kier alpha value is -3.16. The first-order chi connectivity index (χ1) is 12.9. The van der Waals surface area contributed by atoms with Crippen molar-refractivity contribution in [1.29, 1.82) is 0 Å². The summed E-state index contributed by atoms with van der Waals surface area (Å²) in [7, 11) is 0. The van der Waals surface area contributed by atoms with E-state index in [1.807, 2.05) is 32.0 Å². The highest BCUT2D eigenvalue weighted by molar-refractivity contribution is 5.77. The van der Waals surface area contributed by atoms with Gasteiger partial charge in [0.1, 0.15) is 5.75 Å². The topological polar surface area (TPSA) is 103 Å². The van der Waals surface area contributed by atoms with Gasteiger partial charge in [0.15, 0.2) is 6.61 Å². The number of carbonyl (C=O) groups is 1. The zero-order chi connectivity index (χ0) is 19.8. The zero-order valence-corrected chi connectivity index (χ0v) is 15.4. The number of aryl methyl sites for hydroxylation is 2. The molecule has 0 spiro atoms. The summed E-state index contributed by atoms with van der Waals surface area (Å²) in [6, 6.07) is 8.06. The average molecular weight is 373 g/mol. The number of amides is 1. The van der Waals surface area contributed by atoms with E-state index in [1.165, 1.54) is 22.9 Å². The van der Waals surface area contributed by atoms with Gasteiger partial charge in [0, 0.05) is 25.2 Å². The molecule has 1 aromatic heterocycles. The largest absolute Gasteiger partial charge is 0.483 e. The average Bonchev–Trinajstić information content (AvgIpc) is 2.63. The molecule has 1 aromatic carbocycles. The number of nitrogens with zero attached hydrogens (tertiary/aromatic N) is 2.